The van der Waals surface area contributed by atoms with Gasteiger partial charge in [0.2, 0.25) is 5.12 Å². The molecule has 0 saturated heterocycles. The Balaban J connectivity index is 1.71. The molecule has 0 saturated carbocycles. The fourth-order valence-corrected chi connectivity index (χ4v) is 7.12. The summed E-state index contributed by atoms with van der Waals surface area (Å²) in [4.78, 5) is 60.8. The highest BCUT2D eigenvalue weighted by molar-refractivity contribution is 9.10. The van der Waals surface area contributed by atoms with E-state index in [4.69, 9.17) is 18.9 Å². The molecule has 1 heterocycles. The van der Waals surface area contributed by atoms with E-state index in [0.29, 0.717) is 32.1 Å². The molecule has 4 aromatic carbocycles. The van der Waals surface area contributed by atoms with Crippen LogP contribution in [0.3, 0.4) is 0 Å². The predicted octanol–water partition coefficient (Wildman–Crippen LogP) is 7.80. The van der Waals surface area contributed by atoms with Crippen molar-refractivity contribution < 1.29 is 38.1 Å². The molecule has 5 rings (SSSR count). The van der Waals surface area contributed by atoms with Crippen LogP contribution in [0, 0.1) is 5.41 Å². The van der Waals surface area contributed by atoms with Crippen LogP contribution in [-0.4, -0.2) is 42.9 Å². The molecule has 4 aromatic rings. The summed E-state index contributed by atoms with van der Waals surface area (Å²) in [5.74, 6) is -0.560. The normalized spacial score (nSPS) is 16.5. The van der Waals surface area contributed by atoms with Crippen molar-refractivity contribution in [3.63, 3.8) is 0 Å². The van der Waals surface area contributed by atoms with Gasteiger partial charge in [-0.2, -0.15) is 0 Å². The zero-order valence-corrected chi connectivity index (χ0v) is 31.6. The second-order valence-corrected chi connectivity index (χ2v) is 15.0. The van der Waals surface area contributed by atoms with Crippen molar-refractivity contribution in [1.82, 2.24) is 5.32 Å². The summed E-state index contributed by atoms with van der Waals surface area (Å²) in [6.07, 6.45) is -1.00. The zero-order valence-electron chi connectivity index (χ0n) is 29.2. The lowest BCUT2D eigenvalue weighted by molar-refractivity contribution is -0.167. The number of alkyl carbamates (subject to hydrolysis) is 1. The summed E-state index contributed by atoms with van der Waals surface area (Å²) in [6.45, 7) is 6.23. The number of methoxy groups -OCH3 is 2. The van der Waals surface area contributed by atoms with Gasteiger partial charge in [-0.05, 0) is 93.4 Å². The number of fused-ring (bicyclic) bond motifs is 1. The number of ether oxygens (including phenoxy) is 4. The molecule has 1 N–H and O–H groups in total. The summed E-state index contributed by atoms with van der Waals surface area (Å²) in [5.41, 5.74) is -3.64. The number of anilines is 1. The Labute approximate surface area is 309 Å². The highest BCUT2D eigenvalue weighted by Crippen LogP contribution is 2.54. The molecular weight excluding hydrogens is 736 g/mol. The van der Waals surface area contributed by atoms with Crippen LogP contribution in [0.1, 0.15) is 44.4 Å². The largest absolute Gasteiger partial charge is 0.497 e. The number of carbonyl (C=O) groups excluding carboxylic acids is 4. The van der Waals surface area contributed by atoms with Gasteiger partial charge >= 0.3 is 12.1 Å². The van der Waals surface area contributed by atoms with Gasteiger partial charge in [0.05, 0.1) is 26.5 Å². The Morgan fingerprint density at radius 1 is 0.824 bits per heavy atom. The minimum atomic E-state index is -2.36. The first-order valence-corrected chi connectivity index (χ1v) is 17.7. The van der Waals surface area contributed by atoms with Crippen molar-refractivity contribution in [3.8, 4) is 11.5 Å². The Kier molecular flexibility index (Phi) is 11.2. The number of amides is 2. The molecule has 0 spiro atoms. The van der Waals surface area contributed by atoms with E-state index in [1.165, 1.54) is 18.9 Å². The molecule has 51 heavy (non-hydrogen) atoms. The van der Waals surface area contributed by atoms with Crippen molar-refractivity contribution in [2.24, 2.45) is 5.41 Å². The van der Waals surface area contributed by atoms with Gasteiger partial charge in [0, 0.05) is 14.9 Å². The quantitative estimate of drug-likeness (QED) is 0.0925. The number of carbonyl (C=O) groups is 4. The van der Waals surface area contributed by atoms with Crippen LogP contribution < -0.4 is 19.7 Å². The summed E-state index contributed by atoms with van der Waals surface area (Å²) in [6, 6.07) is 27.9. The van der Waals surface area contributed by atoms with Crippen molar-refractivity contribution in [1.29, 1.82) is 0 Å². The van der Waals surface area contributed by atoms with Crippen molar-refractivity contribution in [3.05, 3.63) is 118 Å². The fourth-order valence-electron chi connectivity index (χ4n) is 5.84. The number of halogens is 1. The van der Waals surface area contributed by atoms with Gasteiger partial charge in [-0.3, -0.25) is 14.4 Å². The number of thioether (sulfide) groups is 1. The number of hydrogen-bond acceptors (Lipinski definition) is 9. The first-order chi connectivity index (χ1) is 24.2. The molecule has 0 aliphatic carbocycles. The lowest BCUT2D eigenvalue weighted by Gasteiger charge is -2.42. The first-order valence-electron chi connectivity index (χ1n) is 16.1. The summed E-state index contributed by atoms with van der Waals surface area (Å²) < 4.78 is 22.7. The van der Waals surface area contributed by atoms with E-state index in [2.05, 4.69) is 21.2 Å². The Bertz CT molecular complexity index is 1910. The van der Waals surface area contributed by atoms with Gasteiger partial charge in [0.15, 0.2) is 11.0 Å². The van der Waals surface area contributed by atoms with Crippen LogP contribution in [0.5, 0.6) is 11.5 Å². The summed E-state index contributed by atoms with van der Waals surface area (Å²) in [7, 11) is 3.07. The average molecular weight is 776 g/mol. The summed E-state index contributed by atoms with van der Waals surface area (Å²) in [5, 5.41) is 2.03. The summed E-state index contributed by atoms with van der Waals surface area (Å²) >= 11 is 4.27. The molecule has 2 atom stereocenters. The van der Waals surface area contributed by atoms with Gasteiger partial charge in [-0.15, -0.1) is 0 Å². The maximum absolute atomic E-state index is 15.3. The molecule has 0 fully saturated rings. The molecule has 2 unspecified atom stereocenters. The molecule has 266 valence electrons. The predicted molar refractivity (Wildman–Crippen MR) is 198 cm³/mol. The molecule has 2 amide bonds. The number of esters is 1. The minimum Gasteiger partial charge on any atom is -0.497 e. The highest BCUT2D eigenvalue weighted by Gasteiger charge is 2.70. The lowest BCUT2D eigenvalue weighted by atomic mass is 9.67. The van der Waals surface area contributed by atoms with Gasteiger partial charge in [0.25, 0.3) is 5.91 Å². The number of nitrogens with zero attached hydrogens (tertiary/aromatic N) is 1. The highest BCUT2D eigenvalue weighted by atomic mass is 79.9. The van der Waals surface area contributed by atoms with Crippen LogP contribution in [0.4, 0.5) is 10.5 Å². The molecule has 0 aromatic heterocycles. The van der Waals surface area contributed by atoms with Crippen molar-refractivity contribution >= 4 is 56.5 Å². The molecular formula is C39H39BrN2O8S. The van der Waals surface area contributed by atoms with Crippen molar-refractivity contribution in [2.75, 3.05) is 19.1 Å². The van der Waals surface area contributed by atoms with Gasteiger partial charge in [-0.1, -0.05) is 70.2 Å². The average Bonchev–Trinajstić information content (AvgIpc) is 3.33. The first kappa shape index (κ1) is 37.4. The van der Waals surface area contributed by atoms with E-state index in [-0.39, 0.29) is 18.7 Å². The van der Waals surface area contributed by atoms with E-state index in [9.17, 15) is 14.4 Å². The molecule has 0 radical (unpaired) electrons. The topological polar surface area (TPSA) is 120 Å². The number of benzene rings is 4. The second-order valence-electron chi connectivity index (χ2n) is 13.0. The third-order valence-electron chi connectivity index (χ3n) is 8.46. The molecule has 1 aliphatic heterocycles. The van der Waals surface area contributed by atoms with E-state index < -0.39 is 39.6 Å². The molecule has 12 heteroatoms. The standard InChI is InChI=1S/C39H39BrN2O8S/c1-37(2,3)50-36(46)41-39(31-22-27(40)14-21-32(31)42(33(39)43)23-25-10-8-7-9-11-25)38(4,35(45)51-30-19-17-29(48-6)18-20-30)34(44)49-24-26-12-15-28(47-5)16-13-26/h7-22H,23-24H2,1-6H3,(H,41,46). The number of hydrogen-bond donors (Lipinski definition) is 1. The smallest absolute Gasteiger partial charge is 0.408 e. The fraction of sp³-hybridized carbons (Fsp3) is 0.282. The van der Waals surface area contributed by atoms with Crippen LogP contribution >= 0.6 is 27.7 Å². The molecule has 10 nitrogen and oxygen atoms in total. The molecule has 0 bridgehead atoms. The monoisotopic (exact) mass is 774 g/mol. The van der Waals surface area contributed by atoms with Gasteiger partial charge in [-0.25, -0.2) is 4.79 Å². The van der Waals surface area contributed by atoms with E-state index in [1.54, 1.807) is 94.6 Å². The van der Waals surface area contributed by atoms with Crippen LogP contribution in [-0.2, 0) is 42.5 Å². The van der Waals surface area contributed by atoms with Gasteiger partial charge in [0.1, 0.15) is 23.7 Å². The van der Waals surface area contributed by atoms with Gasteiger partial charge < -0.3 is 29.2 Å². The zero-order chi connectivity index (χ0) is 37.0. The van der Waals surface area contributed by atoms with E-state index >= 15 is 4.79 Å². The Morgan fingerprint density at radius 3 is 2.02 bits per heavy atom. The lowest BCUT2D eigenvalue weighted by Crippen LogP contribution is -2.67. The van der Waals surface area contributed by atoms with E-state index in [1.807, 2.05) is 30.3 Å². The Hall–Kier alpha value is -4.81. The van der Waals surface area contributed by atoms with Crippen LogP contribution in [0.25, 0.3) is 0 Å². The van der Waals surface area contributed by atoms with E-state index in [0.717, 1.165) is 17.3 Å². The molecule has 1 aliphatic rings. The number of nitrogens with one attached hydrogen (secondary N) is 1. The SMILES string of the molecule is COc1ccc(COC(=O)C(C)(C(=O)Sc2ccc(OC)cc2)C2(NC(=O)OC(C)(C)C)C(=O)N(Cc3ccccc3)c3ccc(Br)cc32)cc1. The van der Waals surface area contributed by atoms with Crippen LogP contribution in [0.2, 0.25) is 0 Å². The second kappa shape index (κ2) is 15.2. The Morgan fingerprint density at radius 2 is 1.43 bits per heavy atom. The maximum Gasteiger partial charge on any atom is 0.408 e. The third-order valence-corrected chi connectivity index (χ3v) is 10.1. The van der Waals surface area contributed by atoms with Crippen LogP contribution in [0.15, 0.2) is 106 Å². The number of rotatable bonds is 11. The minimum absolute atomic E-state index is 0.0862. The maximum atomic E-state index is 15.3. The third kappa shape index (κ3) is 7.77. The van der Waals surface area contributed by atoms with Crippen molar-refractivity contribution in [2.45, 2.75) is 56.9 Å².